The lowest BCUT2D eigenvalue weighted by molar-refractivity contribution is 0.195. The number of rotatable bonds is 8. The zero-order valence-electron chi connectivity index (χ0n) is 11.3. The summed E-state index contributed by atoms with van der Waals surface area (Å²) in [7, 11) is -3.07. The van der Waals surface area contributed by atoms with Gasteiger partial charge in [-0.3, -0.25) is 0 Å². The molecule has 0 aromatic rings. The van der Waals surface area contributed by atoms with Crippen LogP contribution in [0.5, 0.6) is 0 Å². The summed E-state index contributed by atoms with van der Waals surface area (Å²) in [6.07, 6.45) is 4.31. The van der Waals surface area contributed by atoms with Gasteiger partial charge in [0.1, 0.15) is 0 Å². The number of hydrogen-bond donors (Lipinski definition) is 2. The summed E-state index contributed by atoms with van der Waals surface area (Å²) in [6.45, 7) is 5.04. The van der Waals surface area contributed by atoms with Crippen molar-refractivity contribution in [1.82, 2.24) is 9.62 Å². The lowest BCUT2D eigenvalue weighted by Crippen LogP contribution is -2.45. The summed E-state index contributed by atoms with van der Waals surface area (Å²) < 4.78 is 26.1. The van der Waals surface area contributed by atoms with Crippen molar-refractivity contribution in [1.29, 1.82) is 0 Å². The van der Waals surface area contributed by atoms with Gasteiger partial charge in [-0.1, -0.05) is 6.92 Å². The molecule has 1 aliphatic heterocycles. The lowest BCUT2D eigenvalue weighted by Gasteiger charge is -2.32. The molecular formula is C12H26N2O3S. The lowest BCUT2D eigenvalue weighted by atomic mass is 10.1. The predicted octanol–water partition coefficient (Wildman–Crippen LogP) is 0.553. The maximum atomic E-state index is 11.6. The van der Waals surface area contributed by atoms with Crippen LogP contribution in [0.15, 0.2) is 0 Å². The van der Waals surface area contributed by atoms with E-state index in [1.807, 2.05) is 6.92 Å². The first-order valence-electron chi connectivity index (χ1n) is 6.90. The van der Waals surface area contributed by atoms with Gasteiger partial charge in [0.15, 0.2) is 0 Å². The van der Waals surface area contributed by atoms with E-state index in [1.165, 1.54) is 0 Å². The van der Waals surface area contributed by atoms with Gasteiger partial charge in [0, 0.05) is 12.6 Å². The van der Waals surface area contributed by atoms with E-state index in [9.17, 15) is 8.42 Å². The normalized spacial score (nSPS) is 19.2. The van der Waals surface area contributed by atoms with Crippen molar-refractivity contribution in [3.05, 3.63) is 0 Å². The van der Waals surface area contributed by atoms with Gasteiger partial charge in [0.25, 0.3) is 0 Å². The molecular weight excluding hydrogens is 252 g/mol. The van der Waals surface area contributed by atoms with Crippen LogP contribution in [-0.2, 0) is 10.0 Å². The van der Waals surface area contributed by atoms with Crippen molar-refractivity contribution in [2.45, 2.75) is 45.1 Å². The van der Waals surface area contributed by atoms with Gasteiger partial charge < -0.3 is 10.0 Å². The molecule has 0 radical (unpaired) electrons. The molecule has 0 aromatic carbocycles. The molecule has 0 saturated carbocycles. The third-order valence-corrected chi connectivity index (χ3v) is 4.93. The summed E-state index contributed by atoms with van der Waals surface area (Å²) in [5.41, 5.74) is 0. The first-order valence-corrected chi connectivity index (χ1v) is 8.56. The van der Waals surface area contributed by atoms with Crippen LogP contribution in [0.3, 0.4) is 0 Å². The second-order valence-electron chi connectivity index (χ2n) is 4.98. The van der Waals surface area contributed by atoms with Crippen molar-refractivity contribution < 1.29 is 13.5 Å². The maximum Gasteiger partial charge on any atom is 0.211 e. The predicted molar refractivity (Wildman–Crippen MR) is 73.0 cm³/mol. The quantitative estimate of drug-likeness (QED) is 0.636. The fraction of sp³-hybridized carbons (Fsp3) is 1.00. The SMILES string of the molecule is CCCS(=O)(=O)NC1CCN(CCCCO)CC1. The molecule has 0 amide bonds. The number of nitrogens with one attached hydrogen (secondary N) is 1. The Morgan fingerprint density at radius 1 is 1.28 bits per heavy atom. The molecule has 0 aliphatic carbocycles. The van der Waals surface area contributed by atoms with E-state index in [0.29, 0.717) is 6.42 Å². The zero-order valence-corrected chi connectivity index (χ0v) is 12.1. The van der Waals surface area contributed by atoms with E-state index in [1.54, 1.807) is 0 Å². The minimum absolute atomic E-state index is 0.107. The highest BCUT2D eigenvalue weighted by Crippen LogP contribution is 2.12. The van der Waals surface area contributed by atoms with Crippen molar-refractivity contribution in [2.75, 3.05) is 32.0 Å². The number of aliphatic hydroxyl groups is 1. The van der Waals surface area contributed by atoms with Crippen molar-refractivity contribution in [3.63, 3.8) is 0 Å². The van der Waals surface area contributed by atoms with Gasteiger partial charge in [-0.05, 0) is 51.7 Å². The number of sulfonamides is 1. The smallest absolute Gasteiger partial charge is 0.211 e. The van der Waals surface area contributed by atoms with Gasteiger partial charge in [-0.2, -0.15) is 0 Å². The Hall–Kier alpha value is -0.170. The summed E-state index contributed by atoms with van der Waals surface area (Å²) in [6, 6.07) is 0.107. The Labute approximate surface area is 111 Å². The van der Waals surface area contributed by atoms with E-state index in [4.69, 9.17) is 5.11 Å². The third kappa shape index (κ3) is 6.13. The second-order valence-corrected chi connectivity index (χ2v) is 6.86. The Morgan fingerprint density at radius 2 is 1.94 bits per heavy atom. The van der Waals surface area contributed by atoms with Gasteiger partial charge in [0.2, 0.25) is 10.0 Å². The Morgan fingerprint density at radius 3 is 2.50 bits per heavy atom. The molecule has 5 nitrogen and oxygen atoms in total. The Balaban J connectivity index is 2.23. The molecule has 0 aromatic heterocycles. The van der Waals surface area contributed by atoms with Gasteiger partial charge in [-0.25, -0.2) is 13.1 Å². The largest absolute Gasteiger partial charge is 0.396 e. The number of nitrogens with zero attached hydrogens (tertiary/aromatic N) is 1. The molecule has 6 heteroatoms. The molecule has 1 fully saturated rings. The van der Waals surface area contributed by atoms with Crippen LogP contribution in [0.1, 0.15) is 39.0 Å². The van der Waals surface area contributed by atoms with Crippen molar-refractivity contribution in [2.24, 2.45) is 0 Å². The second kappa shape index (κ2) is 8.09. The standard InChI is InChI=1S/C12H26N2O3S/c1-2-11-18(16,17)13-12-5-8-14(9-6-12)7-3-4-10-15/h12-13,15H,2-11H2,1H3. The first kappa shape index (κ1) is 15.9. The summed E-state index contributed by atoms with van der Waals surface area (Å²) in [5, 5.41) is 8.72. The van der Waals surface area contributed by atoms with E-state index >= 15 is 0 Å². The molecule has 108 valence electrons. The molecule has 0 atom stereocenters. The minimum atomic E-state index is -3.07. The summed E-state index contributed by atoms with van der Waals surface area (Å²) >= 11 is 0. The average molecular weight is 278 g/mol. The molecule has 0 spiro atoms. The number of unbranched alkanes of at least 4 members (excludes halogenated alkanes) is 1. The van der Waals surface area contributed by atoms with Gasteiger partial charge >= 0.3 is 0 Å². The van der Waals surface area contributed by atoms with Crippen LogP contribution in [0.25, 0.3) is 0 Å². The molecule has 0 unspecified atom stereocenters. The van der Waals surface area contributed by atoms with Crippen LogP contribution in [0.4, 0.5) is 0 Å². The summed E-state index contributed by atoms with van der Waals surface area (Å²) in [5.74, 6) is 0.226. The molecule has 1 rings (SSSR count). The zero-order chi connectivity index (χ0) is 13.4. The molecule has 18 heavy (non-hydrogen) atoms. The van der Waals surface area contributed by atoms with E-state index < -0.39 is 10.0 Å². The summed E-state index contributed by atoms with van der Waals surface area (Å²) in [4.78, 5) is 2.35. The average Bonchev–Trinajstić information content (AvgIpc) is 2.31. The van der Waals surface area contributed by atoms with Crippen molar-refractivity contribution in [3.8, 4) is 0 Å². The number of hydrogen-bond acceptors (Lipinski definition) is 4. The van der Waals surface area contributed by atoms with E-state index in [-0.39, 0.29) is 18.4 Å². The molecule has 1 aliphatic rings. The van der Waals surface area contributed by atoms with Crippen LogP contribution >= 0.6 is 0 Å². The minimum Gasteiger partial charge on any atom is -0.396 e. The van der Waals surface area contributed by atoms with Gasteiger partial charge in [0.05, 0.1) is 5.75 Å². The fourth-order valence-corrected chi connectivity index (χ4v) is 3.70. The first-order chi connectivity index (χ1) is 8.57. The fourth-order valence-electron chi connectivity index (χ4n) is 2.30. The van der Waals surface area contributed by atoms with Crippen LogP contribution in [0.2, 0.25) is 0 Å². The van der Waals surface area contributed by atoms with Crippen LogP contribution in [0, 0.1) is 0 Å². The van der Waals surface area contributed by atoms with Crippen LogP contribution in [-0.4, -0.2) is 56.5 Å². The van der Waals surface area contributed by atoms with E-state index in [2.05, 4.69) is 9.62 Å². The highest BCUT2D eigenvalue weighted by atomic mass is 32.2. The Kier molecular flexibility index (Phi) is 7.14. The molecule has 1 heterocycles. The molecule has 0 bridgehead atoms. The highest BCUT2D eigenvalue weighted by molar-refractivity contribution is 7.89. The Bertz CT molecular complexity index is 311. The number of piperidine rings is 1. The molecule has 2 N–H and O–H groups in total. The number of aliphatic hydroxyl groups excluding tert-OH is 1. The molecule has 1 saturated heterocycles. The van der Waals surface area contributed by atoms with Crippen LogP contribution < -0.4 is 4.72 Å². The van der Waals surface area contributed by atoms with Crippen molar-refractivity contribution >= 4 is 10.0 Å². The third-order valence-electron chi connectivity index (χ3n) is 3.29. The van der Waals surface area contributed by atoms with Gasteiger partial charge in [-0.15, -0.1) is 0 Å². The highest BCUT2D eigenvalue weighted by Gasteiger charge is 2.22. The monoisotopic (exact) mass is 278 g/mol. The topological polar surface area (TPSA) is 69.6 Å². The van der Waals surface area contributed by atoms with E-state index in [0.717, 1.165) is 45.3 Å². The number of likely N-dealkylation sites (tertiary alicyclic amines) is 1. The maximum absolute atomic E-state index is 11.6.